The molecule has 3 saturated carbocycles. The molecule has 3 saturated heterocycles. The van der Waals surface area contributed by atoms with Gasteiger partial charge in [-0.2, -0.15) is 13.2 Å². The minimum absolute atomic E-state index is 0.00180. The predicted molar refractivity (Wildman–Crippen MR) is 331 cm³/mol. The van der Waals surface area contributed by atoms with Gasteiger partial charge >= 0.3 is 5.51 Å². The van der Waals surface area contributed by atoms with Gasteiger partial charge in [-0.05, 0) is 160 Å². The molecule has 12 rings (SSSR count). The molecule has 2 atom stereocenters. The predicted octanol–water partition coefficient (Wildman–Crippen LogP) is 8.79. The Balaban J connectivity index is 0.671. The van der Waals surface area contributed by atoms with E-state index in [9.17, 15) is 54.0 Å². The van der Waals surface area contributed by atoms with E-state index in [1.165, 1.54) is 56.0 Å². The Hall–Kier alpha value is -6.31. The lowest BCUT2D eigenvalue weighted by atomic mass is 9.33. The van der Waals surface area contributed by atoms with E-state index >= 15 is 0 Å². The first-order valence-electron chi connectivity index (χ1n) is 30.6. The van der Waals surface area contributed by atoms with Crippen LogP contribution in [0.15, 0.2) is 117 Å². The summed E-state index contributed by atoms with van der Waals surface area (Å²) in [6, 6.07) is 21.6. The molecule has 4 heterocycles. The Bertz CT molecular complexity index is 3590. The maximum absolute atomic E-state index is 14.5. The van der Waals surface area contributed by atoms with Crippen molar-refractivity contribution in [2.75, 3.05) is 99.8 Å². The molecule has 8 aliphatic rings. The molecule has 0 aromatic heterocycles. The smallest absolute Gasteiger partial charge is 0.385 e. The number of piperazine rings is 2. The topological polar surface area (TPSA) is 218 Å². The zero-order valence-electron chi connectivity index (χ0n) is 50.1. The van der Waals surface area contributed by atoms with E-state index in [2.05, 4.69) is 56.3 Å². The number of carbonyl (C=O) groups excluding carboxylic acids is 5. The van der Waals surface area contributed by atoms with Crippen molar-refractivity contribution in [1.82, 2.24) is 29.6 Å². The Morgan fingerprint density at radius 3 is 2.10 bits per heavy atom. The van der Waals surface area contributed by atoms with Crippen molar-refractivity contribution in [3.05, 3.63) is 119 Å². The summed E-state index contributed by atoms with van der Waals surface area (Å²) in [4.78, 5) is 73.1. The average molecular weight is 1270 g/mol. The second-order valence-corrected chi connectivity index (χ2v) is 30.9. The van der Waals surface area contributed by atoms with Crippen LogP contribution in [0, 0.1) is 16.2 Å². The van der Waals surface area contributed by atoms with E-state index in [0.29, 0.717) is 66.4 Å². The van der Waals surface area contributed by atoms with Crippen molar-refractivity contribution in [2.24, 2.45) is 16.2 Å². The minimum Gasteiger partial charge on any atom is -0.385 e. The van der Waals surface area contributed by atoms with Crippen molar-refractivity contribution >= 4 is 78.2 Å². The molecule has 472 valence electrons. The van der Waals surface area contributed by atoms with E-state index < -0.39 is 82.5 Å². The number of halogens is 3. The Morgan fingerprint density at radius 1 is 0.761 bits per heavy atom. The highest BCUT2D eigenvalue weighted by molar-refractivity contribution is 7.99. The molecule has 4 aliphatic carbocycles. The van der Waals surface area contributed by atoms with E-state index in [-0.39, 0.29) is 29.5 Å². The lowest BCUT2D eigenvalue weighted by Gasteiger charge is -2.72. The Kier molecular flexibility index (Phi) is 18.1. The van der Waals surface area contributed by atoms with Crippen LogP contribution < -0.4 is 25.6 Å². The van der Waals surface area contributed by atoms with Crippen LogP contribution in [0.25, 0.3) is 0 Å². The van der Waals surface area contributed by atoms with Crippen molar-refractivity contribution in [1.29, 1.82) is 0 Å². The zero-order chi connectivity index (χ0) is 62.4. The largest absolute Gasteiger partial charge is 0.501 e. The van der Waals surface area contributed by atoms with Crippen LogP contribution in [0.5, 0.6) is 0 Å². The zero-order valence-corrected chi connectivity index (χ0v) is 52.5. The summed E-state index contributed by atoms with van der Waals surface area (Å²) in [6.07, 6.45) is 9.69. The molecule has 1 unspecified atom stereocenters. The first-order chi connectivity index (χ1) is 41.8. The lowest BCUT2D eigenvalue weighted by Crippen LogP contribution is -2.61. The van der Waals surface area contributed by atoms with Crippen LogP contribution in [-0.4, -0.2) is 168 Å². The number of alkyl halides is 3. The molecular formula is C64H78F3N9O9S3. The highest BCUT2D eigenvalue weighted by atomic mass is 32.2. The summed E-state index contributed by atoms with van der Waals surface area (Å²) in [6.45, 7) is 16.4. The Labute approximate surface area is 517 Å². The van der Waals surface area contributed by atoms with Gasteiger partial charge in [0.05, 0.1) is 21.7 Å². The summed E-state index contributed by atoms with van der Waals surface area (Å²) in [5, 5.41) is 8.57. The van der Waals surface area contributed by atoms with Gasteiger partial charge in [0.2, 0.25) is 11.8 Å². The number of amides is 5. The number of hydrogen-bond acceptors (Lipinski definition) is 16. The fourth-order valence-electron chi connectivity index (χ4n) is 14.3. The number of rotatable bonds is 23. The molecule has 5 amide bonds. The van der Waals surface area contributed by atoms with Gasteiger partial charge in [-0.15, -0.1) is 11.8 Å². The van der Waals surface area contributed by atoms with Crippen LogP contribution in [0.1, 0.15) is 122 Å². The number of imide groups is 2. The molecule has 2 bridgehead atoms. The van der Waals surface area contributed by atoms with Crippen molar-refractivity contribution < 1.29 is 54.0 Å². The molecule has 4 N–H and O–H groups in total. The standard InChI is InChI=1S/C64H78F3N9O9S3/c1-61(2)23-21-44(52(37-61)63-40-62(3,41-63)42-63)38-74-31-33-75(34-32-74)47-14-11-43(12-15-47)57(78)71-88(84,85)49-16-18-53(55(36-49)87(82,83)64(65,66)67)69-46(39-86-48-9-5-4-6-10-48)22-26-73-29-27-72(28-30-73)25-8-7-24-68-45-13-17-50-51(35-45)60(81)76(59(50)80)54-19-20-56(77)70-58(54)79/h4-6,9-18,35-36,46,54,68-69H,7-8,19-34,37-42H2,1-3H3,(H,71,78)(H,70,77,79)/t46-,54?,62?,63?/m1/s1. The lowest BCUT2D eigenvalue weighted by molar-refractivity contribution is -0.167. The molecule has 0 spiro atoms. The van der Waals surface area contributed by atoms with Gasteiger partial charge in [0.15, 0.2) is 0 Å². The monoisotopic (exact) mass is 1270 g/mol. The average Bonchev–Trinajstić information content (AvgIpc) is 0.783. The number of nitrogens with one attached hydrogen (secondary N) is 4. The summed E-state index contributed by atoms with van der Waals surface area (Å²) in [7, 11) is -11.0. The fraction of sp³-hybridized carbons (Fsp3) is 0.516. The number of allylic oxidation sites excluding steroid dienone is 1. The maximum Gasteiger partial charge on any atom is 0.501 e. The number of carbonyl (C=O) groups is 5. The van der Waals surface area contributed by atoms with E-state index in [1.54, 1.807) is 41.5 Å². The number of nitrogens with zero attached hydrogens (tertiary/aromatic N) is 5. The van der Waals surface area contributed by atoms with Gasteiger partial charge in [-0.1, -0.05) is 50.1 Å². The third-order valence-electron chi connectivity index (χ3n) is 19.0. The van der Waals surface area contributed by atoms with Crippen molar-refractivity contribution in [3.8, 4) is 0 Å². The molecule has 18 nitrogen and oxygen atoms in total. The third kappa shape index (κ3) is 13.7. The summed E-state index contributed by atoms with van der Waals surface area (Å²) >= 11 is 1.44. The minimum atomic E-state index is -6.12. The molecule has 4 aliphatic heterocycles. The van der Waals surface area contributed by atoms with Crippen molar-refractivity contribution in [2.45, 2.75) is 124 Å². The fourth-order valence-corrected chi connectivity index (χ4v) is 17.3. The second kappa shape index (κ2) is 25.2. The number of anilines is 3. The first-order valence-corrected chi connectivity index (χ1v) is 34.5. The highest BCUT2D eigenvalue weighted by Crippen LogP contribution is 2.77. The summed E-state index contributed by atoms with van der Waals surface area (Å²) in [5.41, 5.74) is 0.396. The van der Waals surface area contributed by atoms with Gasteiger partial charge in [0, 0.05) is 112 Å². The number of piperidine rings is 1. The van der Waals surface area contributed by atoms with E-state index in [1.807, 2.05) is 35.1 Å². The second-order valence-electron chi connectivity index (χ2n) is 26.2. The maximum atomic E-state index is 14.5. The van der Waals surface area contributed by atoms with Crippen LogP contribution >= 0.6 is 11.8 Å². The SMILES string of the molecule is CC1(C)CCC(CN2CCN(c3ccc(C(=O)NS(=O)(=O)c4ccc(N[C@H](CCN5CCN(CCCCNc6ccc7c(c6)C(=O)N(C6CCC(=O)NC6=O)C7=O)CC5)CSc5ccccc5)c(S(=O)(=O)C(F)(F)F)c4)cc3)CC2)=C(C23CC(C)(C2)C3)C1. The summed E-state index contributed by atoms with van der Waals surface area (Å²) < 4.78 is 99.8. The number of fused-ring (bicyclic) bond motifs is 1. The van der Waals surface area contributed by atoms with E-state index in [4.69, 9.17) is 0 Å². The molecular weight excluding hydrogens is 1190 g/mol. The molecule has 4 aromatic carbocycles. The van der Waals surface area contributed by atoms with Gasteiger partial charge in [0.1, 0.15) is 10.9 Å². The number of thioether (sulfide) groups is 1. The van der Waals surface area contributed by atoms with Gasteiger partial charge in [-0.25, -0.2) is 21.6 Å². The number of benzene rings is 4. The van der Waals surface area contributed by atoms with E-state index in [0.717, 1.165) is 99.2 Å². The van der Waals surface area contributed by atoms with Crippen LogP contribution in [0.2, 0.25) is 0 Å². The van der Waals surface area contributed by atoms with Crippen LogP contribution in [0.4, 0.5) is 30.2 Å². The van der Waals surface area contributed by atoms with Crippen LogP contribution in [0.3, 0.4) is 0 Å². The van der Waals surface area contributed by atoms with Crippen LogP contribution in [-0.2, 0) is 29.4 Å². The molecule has 4 aromatic rings. The number of unbranched alkanes of at least 4 members (excludes halogenated alkanes) is 1. The molecule has 0 radical (unpaired) electrons. The quantitative estimate of drug-likeness (QED) is 0.0236. The number of hydrogen-bond donors (Lipinski definition) is 4. The Morgan fingerprint density at radius 2 is 1.43 bits per heavy atom. The summed E-state index contributed by atoms with van der Waals surface area (Å²) in [5.74, 6) is -2.95. The molecule has 6 fully saturated rings. The van der Waals surface area contributed by atoms with Gasteiger partial charge in [-0.3, -0.25) is 39.1 Å². The normalized spacial score (nSPS) is 23.9. The molecule has 24 heteroatoms. The van der Waals surface area contributed by atoms with Crippen molar-refractivity contribution in [3.63, 3.8) is 0 Å². The highest BCUT2D eigenvalue weighted by Gasteiger charge is 2.67. The number of sulfonamides is 1. The first kappa shape index (κ1) is 63.3. The number of sulfone groups is 1. The van der Waals surface area contributed by atoms with Gasteiger partial charge in [0.25, 0.3) is 37.6 Å². The van der Waals surface area contributed by atoms with Gasteiger partial charge < -0.3 is 25.3 Å². The third-order valence-corrected chi connectivity index (χ3v) is 23.0. The molecule has 88 heavy (non-hydrogen) atoms.